The minimum Gasteiger partial charge on any atom is -0.396 e. The summed E-state index contributed by atoms with van der Waals surface area (Å²) in [6, 6.07) is 0. The third-order valence-corrected chi connectivity index (χ3v) is 3.63. The van der Waals surface area contributed by atoms with E-state index >= 15 is 0 Å². The van der Waals surface area contributed by atoms with Crippen molar-refractivity contribution in [3.63, 3.8) is 0 Å². The van der Waals surface area contributed by atoms with Crippen LogP contribution in [-0.4, -0.2) is 30.8 Å². The average molecular weight is 308 g/mol. The summed E-state index contributed by atoms with van der Waals surface area (Å²) < 4.78 is 2.87. The van der Waals surface area contributed by atoms with E-state index in [0.717, 1.165) is 19.3 Å². The van der Waals surface area contributed by atoms with Gasteiger partial charge in [0.25, 0.3) is 5.56 Å². The fourth-order valence-corrected chi connectivity index (χ4v) is 2.58. The van der Waals surface area contributed by atoms with Crippen LogP contribution < -0.4 is 11.2 Å². The number of aromatic amines is 1. The van der Waals surface area contributed by atoms with Crippen molar-refractivity contribution in [2.75, 3.05) is 6.61 Å². The van der Waals surface area contributed by atoms with Gasteiger partial charge in [0.05, 0.1) is 0 Å². The number of hydrogen-bond acceptors (Lipinski definition) is 4. The fourth-order valence-electron chi connectivity index (χ4n) is 2.58. The third-order valence-electron chi connectivity index (χ3n) is 3.63. The molecule has 7 nitrogen and oxygen atoms in total. The van der Waals surface area contributed by atoms with Crippen molar-refractivity contribution < 1.29 is 5.11 Å². The smallest absolute Gasteiger partial charge is 0.332 e. The molecule has 2 aromatic rings. The van der Waals surface area contributed by atoms with E-state index in [1.807, 2.05) is 13.8 Å². The van der Waals surface area contributed by atoms with Gasteiger partial charge in [-0.15, -0.1) is 0 Å². The van der Waals surface area contributed by atoms with Crippen molar-refractivity contribution in [1.29, 1.82) is 0 Å². The SMILES string of the molecule is CCCn1c(=O)c2[nH]c(CCCCO)nc2n(CCC)c1=O. The lowest BCUT2D eigenvalue weighted by Crippen LogP contribution is -2.40. The number of H-pyrrole nitrogens is 1. The molecule has 2 aromatic heterocycles. The highest BCUT2D eigenvalue weighted by Crippen LogP contribution is 2.09. The van der Waals surface area contributed by atoms with Crippen LogP contribution in [0.1, 0.15) is 45.4 Å². The molecule has 0 amide bonds. The van der Waals surface area contributed by atoms with Crippen molar-refractivity contribution in [1.82, 2.24) is 19.1 Å². The maximum Gasteiger partial charge on any atom is 0.332 e. The topological polar surface area (TPSA) is 92.9 Å². The summed E-state index contributed by atoms with van der Waals surface area (Å²) in [5.74, 6) is 0.694. The molecule has 0 saturated carbocycles. The van der Waals surface area contributed by atoms with Gasteiger partial charge >= 0.3 is 5.69 Å². The lowest BCUT2D eigenvalue weighted by atomic mass is 10.2. The summed E-state index contributed by atoms with van der Waals surface area (Å²) in [4.78, 5) is 32.5. The van der Waals surface area contributed by atoms with Crippen molar-refractivity contribution in [2.24, 2.45) is 0 Å². The molecule has 0 fully saturated rings. The van der Waals surface area contributed by atoms with E-state index in [0.29, 0.717) is 42.9 Å². The van der Waals surface area contributed by atoms with E-state index in [1.54, 1.807) is 4.57 Å². The largest absolute Gasteiger partial charge is 0.396 e. The van der Waals surface area contributed by atoms with Gasteiger partial charge in [0.2, 0.25) is 0 Å². The Balaban J connectivity index is 2.56. The molecule has 0 atom stereocenters. The second-order valence-corrected chi connectivity index (χ2v) is 5.45. The van der Waals surface area contributed by atoms with Gasteiger partial charge < -0.3 is 10.1 Å². The van der Waals surface area contributed by atoms with Crippen LogP contribution >= 0.6 is 0 Å². The Morgan fingerprint density at radius 1 is 1.09 bits per heavy atom. The molecule has 0 aliphatic carbocycles. The first-order valence-electron chi connectivity index (χ1n) is 7.97. The number of rotatable bonds is 8. The predicted octanol–water partition coefficient (Wildman–Crippen LogP) is 1.02. The molecule has 2 N–H and O–H groups in total. The molecule has 2 heterocycles. The van der Waals surface area contributed by atoms with Gasteiger partial charge in [0.1, 0.15) is 11.3 Å². The Morgan fingerprint density at radius 2 is 1.77 bits per heavy atom. The van der Waals surface area contributed by atoms with Gasteiger partial charge in [-0.1, -0.05) is 13.8 Å². The Morgan fingerprint density at radius 3 is 2.41 bits per heavy atom. The molecule has 0 aliphatic heterocycles. The number of nitrogens with one attached hydrogen (secondary N) is 1. The van der Waals surface area contributed by atoms with E-state index < -0.39 is 0 Å². The van der Waals surface area contributed by atoms with E-state index in [4.69, 9.17) is 5.11 Å². The van der Waals surface area contributed by atoms with E-state index in [2.05, 4.69) is 9.97 Å². The molecule has 0 unspecified atom stereocenters. The lowest BCUT2D eigenvalue weighted by Gasteiger charge is -2.09. The molecular formula is C15H24N4O3. The Bertz CT molecular complexity index is 742. The van der Waals surface area contributed by atoms with Crippen LogP contribution in [0.5, 0.6) is 0 Å². The van der Waals surface area contributed by atoms with Crippen LogP contribution in [-0.2, 0) is 19.5 Å². The highest BCUT2D eigenvalue weighted by Gasteiger charge is 2.16. The molecule has 2 rings (SSSR count). The number of fused-ring (bicyclic) bond motifs is 1. The summed E-state index contributed by atoms with van der Waals surface area (Å²) in [6.45, 7) is 5.02. The molecule has 0 aliphatic rings. The van der Waals surface area contributed by atoms with Crippen LogP contribution in [0.2, 0.25) is 0 Å². The zero-order valence-corrected chi connectivity index (χ0v) is 13.3. The molecule has 22 heavy (non-hydrogen) atoms. The van der Waals surface area contributed by atoms with Crippen molar-refractivity contribution >= 4 is 11.2 Å². The minimum atomic E-state index is -0.296. The number of aromatic nitrogens is 4. The monoisotopic (exact) mass is 308 g/mol. The molecule has 0 saturated heterocycles. The van der Waals surface area contributed by atoms with Gasteiger partial charge in [-0.2, -0.15) is 0 Å². The summed E-state index contributed by atoms with van der Waals surface area (Å²) in [5.41, 5.74) is 0.272. The number of hydrogen-bond donors (Lipinski definition) is 2. The number of nitrogens with zero attached hydrogens (tertiary/aromatic N) is 3. The van der Waals surface area contributed by atoms with Crippen molar-refractivity contribution in [3.8, 4) is 0 Å². The van der Waals surface area contributed by atoms with E-state index in [9.17, 15) is 9.59 Å². The molecule has 0 spiro atoms. The van der Waals surface area contributed by atoms with E-state index in [1.165, 1.54) is 4.57 Å². The van der Waals surface area contributed by atoms with E-state index in [-0.39, 0.29) is 17.9 Å². The molecule has 122 valence electrons. The number of aryl methyl sites for hydroxylation is 2. The average Bonchev–Trinajstić information content (AvgIpc) is 2.92. The number of imidazole rings is 1. The van der Waals surface area contributed by atoms with Crippen LogP contribution in [0.4, 0.5) is 0 Å². The summed E-state index contributed by atoms with van der Waals surface area (Å²) >= 11 is 0. The second-order valence-electron chi connectivity index (χ2n) is 5.45. The number of aliphatic hydroxyl groups is 1. The first kappa shape index (κ1) is 16.5. The molecule has 0 aromatic carbocycles. The van der Waals surface area contributed by atoms with Crippen molar-refractivity contribution in [2.45, 2.75) is 59.0 Å². The summed E-state index contributed by atoms with van der Waals surface area (Å²) in [7, 11) is 0. The molecule has 0 bridgehead atoms. The van der Waals surface area contributed by atoms with Crippen LogP contribution in [0, 0.1) is 0 Å². The van der Waals surface area contributed by atoms with Gasteiger partial charge in [-0.05, 0) is 25.7 Å². The molecule has 7 heteroatoms. The zero-order chi connectivity index (χ0) is 16.1. The van der Waals surface area contributed by atoms with Crippen LogP contribution in [0.15, 0.2) is 9.59 Å². The first-order valence-corrected chi connectivity index (χ1v) is 7.97. The first-order chi connectivity index (χ1) is 10.6. The predicted molar refractivity (Wildman–Crippen MR) is 85.2 cm³/mol. The zero-order valence-electron chi connectivity index (χ0n) is 13.3. The Labute approximate surface area is 128 Å². The highest BCUT2D eigenvalue weighted by molar-refractivity contribution is 5.69. The standard InChI is InChI=1S/C15H24N4O3/c1-3-8-18-13-12(14(21)19(9-4-2)15(18)22)16-11(17-13)7-5-6-10-20/h20H,3-10H2,1-2H3,(H,16,17). The molecular weight excluding hydrogens is 284 g/mol. The third kappa shape index (κ3) is 3.14. The van der Waals surface area contributed by atoms with Crippen LogP contribution in [0.25, 0.3) is 11.2 Å². The maximum atomic E-state index is 12.5. The number of aliphatic hydroxyl groups excluding tert-OH is 1. The normalized spacial score (nSPS) is 11.4. The summed E-state index contributed by atoms with van der Waals surface area (Å²) in [5, 5.41) is 8.84. The highest BCUT2D eigenvalue weighted by atomic mass is 16.3. The van der Waals surface area contributed by atoms with Gasteiger partial charge in [0.15, 0.2) is 5.65 Å². The van der Waals surface area contributed by atoms with Gasteiger partial charge in [-0.25, -0.2) is 9.78 Å². The molecule has 0 radical (unpaired) electrons. The van der Waals surface area contributed by atoms with Gasteiger partial charge in [-0.3, -0.25) is 13.9 Å². The quantitative estimate of drug-likeness (QED) is 0.712. The Hall–Kier alpha value is -1.89. The maximum absolute atomic E-state index is 12.5. The second kappa shape index (κ2) is 7.40. The van der Waals surface area contributed by atoms with Crippen LogP contribution in [0.3, 0.4) is 0 Å². The Kier molecular flexibility index (Phi) is 5.54. The summed E-state index contributed by atoms with van der Waals surface area (Å²) in [6.07, 6.45) is 3.66. The lowest BCUT2D eigenvalue weighted by molar-refractivity contribution is 0.284. The number of unbranched alkanes of at least 4 members (excludes halogenated alkanes) is 1. The van der Waals surface area contributed by atoms with Gasteiger partial charge in [0, 0.05) is 26.1 Å². The van der Waals surface area contributed by atoms with Crippen molar-refractivity contribution in [3.05, 3.63) is 26.7 Å². The fraction of sp³-hybridized carbons (Fsp3) is 0.667. The minimum absolute atomic E-state index is 0.143.